The van der Waals surface area contributed by atoms with Crippen molar-refractivity contribution in [1.82, 2.24) is 5.32 Å². The number of nitrogens with two attached hydrogens (primary N) is 1. The molecule has 0 heterocycles. The fourth-order valence-corrected chi connectivity index (χ4v) is 1.28. The lowest BCUT2D eigenvalue weighted by atomic mass is 10.2. The highest BCUT2D eigenvalue weighted by Gasteiger charge is 2.05. The number of hydrogen-bond donors (Lipinski definition) is 2. The van der Waals surface area contributed by atoms with Gasteiger partial charge in [-0.15, -0.1) is 0 Å². The first kappa shape index (κ1) is 12.5. The molecule has 0 fully saturated rings. The molecule has 1 unspecified atom stereocenters. The number of carbonyl (C=O) groups is 1. The predicted molar refractivity (Wildman–Crippen MR) is 63.6 cm³/mol. The first-order chi connectivity index (χ1) is 7.63. The van der Waals surface area contributed by atoms with Gasteiger partial charge in [-0.2, -0.15) is 0 Å². The van der Waals surface area contributed by atoms with E-state index in [1.54, 1.807) is 31.4 Å². The lowest BCUT2D eigenvalue weighted by Gasteiger charge is -2.08. The lowest BCUT2D eigenvalue weighted by molar-refractivity contribution is 0.0952. The Bertz CT molecular complexity index is 351. The Labute approximate surface area is 95.8 Å². The van der Waals surface area contributed by atoms with Crippen molar-refractivity contribution in [2.24, 2.45) is 5.73 Å². The van der Waals surface area contributed by atoms with Crippen LogP contribution in [-0.4, -0.2) is 25.6 Å². The van der Waals surface area contributed by atoms with Crippen molar-refractivity contribution in [3.05, 3.63) is 29.8 Å². The highest BCUT2D eigenvalue weighted by molar-refractivity contribution is 5.94. The summed E-state index contributed by atoms with van der Waals surface area (Å²) in [5, 5.41) is 2.81. The third kappa shape index (κ3) is 3.90. The molecule has 0 bridgehead atoms. The van der Waals surface area contributed by atoms with Crippen LogP contribution in [0.2, 0.25) is 0 Å². The summed E-state index contributed by atoms with van der Waals surface area (Å²) in [6, 6.07) is 7.16. The molecular formula is C12H18N2O2. The second kappa shape index (κ2) is 6.12. The van der Waals surface area contributed by atoms with Crippen LogP contribution in [-0.2, 0) is 0 Å². The minimum absolute atomic E-state index is 0.0976. The van der Waals surface area contributed by atoms with Gasteiger partial charge in [-0.05, 0) is 31.5 Å². The number of methoxy groups -OCH3 is 1. The Balaban J connectivity index is 2.52. The van der Waals surface area contributed by atoms with Crippen molar-refractivity contribution in [3.8, 4) is 5.75 Å². The van der Waals surface area contributed by atoms with Crippen LogP contribution in [0, 0.1) is 0 Å². The highest BCUT2D eigenvalue weighted by Crippen LogP contribution is 2.12. The maximum Gasteiger partial charge on any atom is 0.251 e. The first-order valence-corrected chi connectivity index (χ1v) is 5.31. The van der Waals surface area contributed by atoms with Crippen LogP contribution in [0.5, 0.6) is 5.75 Å². The summed E-state index contributed by atoms with van der Waals surface area (Å²) < 4.78 is 5.05. The van der Waals surface area contributed by atoms with Gasteiger partial charge in [-0.25, -0.2) is 0 Å². The molecule has 1 aromatic carbocycles. The van der Waals surface area contributed by atoms with Crippen molar-refractivity contribution in [2.45, 2.75) is 19.4 Å². The number of hydrogen-bond acceptors (Lipinski definition) is 3. The van der Waals surface area contributed by atoms with E-state index in [4.69, 9.17) is 10.5 Å². The number of carbonyl (C=O) groups excluding carboxylic acids is 1. The van der Waals surface area contributed by atoms with E-state index in [9.17, 15) is 4.79 Å². The van der Waals surface area contributed by atoms with Crippen LogP contribution in [0.1, 0.15) is 23.7 Å². The van der Waals surface area contributed by atoms with Gasteiger partial charge in [0.25, 0.3) is 5.91 Å². The van der Waals surface area contributed by atoms with Gasteiger partial charge < -0.3 is 15.8 Å². The quantitative estimate of drug-likeness (QED) is 0.785. The fourth-order valence-electron chi connectivity index (χ4n) is 1.28. The standard InChI is InChI=1S/C12H18N2O2/c1-9(13)6-7-14-12(15)10-4-3-5-11(8-10)16-2/h3-5,8-9H,6-7,13H2,1-2H3,(H,14,15). The summed E-state index contributed by atoms with van der Waals surface area (Å²) in [6.07, 6.45) is 0.774. The van der Waals surface area contributed by atoms with E-state index in [1.165, 1.54) is 0 Å². The van der Waals surface area contributed by atoms with Gasteiger partial charge in [-0.1, -0.05) is 6.07 Å². The van der Waals surface area contributed by atoms with Crippen LogP contribution >= 0.6 is 0 Å². The zero-order valence-corrected chi connectivity index (χ0v) is 9.69. The largest absolute Gasteiger partial charge is 0.497 e. The molecule has 1 aromatic rings. The van der Waals surface area contributed by atoms with Gasteiger partial charge >= 0.3 is 0 Å². The average Bonchev–Trinajstić information content (AvgIpc) is 2.28. The van der Waals surface area contributed by atoms with E-state index in [2.05, 4.69) is 5.32 Å². The smallest absolute Gasteiger partial charge is 0.251 e. The normalized spacial score (nSPS) is 11.9. The minimum atomic E-state index is -0.0976. The van der Waals surface area contributed by atoms with Gasteiger partial charge in [0, 0.05) is 18.2 Å². The molecule has 88 valence electrons. The molecule has 1 atom stereocenters. The molecule has 16 heavy (non-hydrogen) atoms. The second-order valence-electron chi connectivity index (χ2n) is 3.75. The van der Waals surface area contributed by atoms with Crippen LogP contribution in [0.25, 0.3) is 0 Å². The third-order valence-corrected chi connectivity index (χ3v) is 2.22. The summed E-state index contributed by atoms with van der Waals surface area (Å²) in [4.78, 5) is 11.7. The van der Waals surface area contributed by atoms with Gasteiger partial charge in [0.15, 0.2) is 0 Å². The van der Waals surface area contributed by atoms with Gasteiger partial charge in [0.2, 0.25) is 0 Å². The summed E-state index contributed by atoms with van der Waals surface area (Å²) in [7, 11) is 1.58. The SMILES string of the molecule is COc1cccc(C(=O)NCCC(C)N)c1. The number of nitrogens with one attached hydrogen (secondary N) is 1. The van der Waals surface area contributed by atoms with E-state index in [0.717, 1.165) is 6.42 Å². The molecule has 0 aliphatic heterocycles. The molecule has 0 saturated heterocycles. The molecule has 0 aromatic heterocycles. The Morgan fingerprint density at radius 2 is 2.31 bits per heavy atom. The van der Waals surface area contributed by atoms with Crippen molar-refractivity contribution < 1.29 is 9.53 Å². The lowest BCUT2D eigenvalue weighted by Crippen LogP contribution is -2.28. The Hall–Kier alpha value is -1.55. The molecule has 0 spiro atoms. The molecule has 1 amide bonds. The summed E-state index contributed by atoms with van der Waals surface area (Å²) in [5.74, 6) is 0.583. The van der Waals surface area contributed by atoms with E-state index < -0.39 is 0 Å². The highest BCUT2D eigenvalue weighted by atomic mass is 16.5. The maximum absolute atomic E-state index is 11.7. The fraction of sp³-hybridized carbons (Fsp3) is 0.417. The van der Waals surface area contributed by atoms with Crippen LogP contribution in [0.4, 0.5) is 0 Å². The molecule has 0 radical (unpaired) electrons. The molecule has 0 aliphatic rings. The third-order valence-electron chi connectivity index (χ3n) is 2.22. The second-order valence-corrected chi connectivity index (χ2v) is 3.75. The first-order valence-electron chi connectivity index (χ1n) is 5.31. The van der Waals surface area contributed by atoms with Crippen molar-refractivity contribution in [3.63, 3.8) is 0 Å². The molecule has 0 aliphatic carbocycles. The zero-order valence-electron chi connectivity index (χ0n) is 9.69. The van der Waals surface area contributed by atoms with E-state index >= 15 is 0 Å². The Morgan fingerprint density at radius 1 is 1.56 bits per heavy atom. The number of benzene rings is 1. The topological polar surface area (TPSA) is 64.3 Å². The van der Waals surface area contributed by atoms with Gasteiger partial charge in [0.1, 0.15) is 5.75 Å². The average molecular weight is 222 g/mol. The summed E-state index contributed by atoms with van der Waals surface area (Å²) in [5.41, 5.74) is 6.19. The molecule has 1 rings (SSSR count). The molecule has 4 heteroatoms. The Kier molecular flexibility index (Phi) is 4.79. The number of amides is 1. The molecular weight excluding hydrogens is 204 g/mol. The van der Waals surface area contributed by atoms with E-state index in [-0.39, 0.29) is 11.9 Å². The van der Waals surface area contributed by atoms with Crippen molar-refractivity contribution in [2.75, 3.05) is 13.7 Å². The molecule has 0 saturated carbocycles. The number of rotatable bonds is 5. The maximum atomic E-state index is 11.7. The van der Waals surface area contributed by atoms with Crippen molar-refractivity contribution in [1.29, 1.82) is 0 Å². The molecule has 4 nitrogen and oxygen atoms in total. The molecule has 3 N–H and O–H groups in total. The van der Waals surface area contributed by atoms with Crippen LogP contribution < -0.4 is 15.8 Å². The van der Waals surface area contributed by atoms with E-state index in [1.807, 2.05) is 6.92 Å². The Morgan fingerprint density at radius 3 is 2.94 bits per heavy atom. The zero-order chi connectivity index (χ0) is 12.0. The van der Waals surface area contributed by atoms with E-state index in [0.29, 0.717) is 17.9 Å². The number of ether oxygens (including phenoxy) is 1. The minimum Gasteiger partial charge on any atom is -0.497 e. The van der Waals surface area contributed by atoms with Crippen LogP contribution in [0.15, 0.2) is 24.3 Å². The van der Waals surface area contributed by atoms with Gasteiger partial charge in [-0.3, -0.25) is 4.79 Å². The summed E-state index contributed by atoms with van der Waals surface area (Å²) in [6.45, 7) is 2.51. The monoisotopic (exact) mass is 222 g/mol. The summed E-state index contributed by atoms with van der Waals surface area (Å²) >= 11 is 0. The predicted octanol–water partition coefficient (Wildman–Crippen LogP) is 1.16. The van der Waals surface area contributed by atoms with Crippen molar-refractivity contribution >= 4 is 5.91 Å². The van der Waals surface area contributed by atoms with Crippen LogP contribution in [0.3, 0.4) is 0 Å². The van der Waals surface area contributed by atoms with Gasteiger partial charge in [0.05, 0.1) is 7.11 Å².